The van der Waals surface area contributed by atoms with Crippen LogP contribution in [0.4, 0.5) is 13.2 Å². The number of carboxylic acid groups (broad SMARTS) is 1. The third-order valence-electron chi connectivity index (χ3n) is 4.38. The maximum Gasteiger partial charge on any atom is 0.490 e. The molecule has 0 spiro atoms. The number of carboxylic acids is 1. The van der Waals surface area contributed by atoms with Crippen molar-refractivity contribution in [2.45, 2.75) is 24.9 Å². The van der Waals surface area contributed by atoms with Crippen LogP contribution in [0.3, 0.4) is 0 Å². The van der Waals surface area contributed by atoms with E-state index in [0.29, 0.717) is 5.92 Å². The minimum atomic E-state index is -5.08. The van der Waals surface area contributed by atoms with Crippen LogP contribution in [0.5, 0.6) is 0 Å². The van der Waals surface area contributed by atoms with Crippen molar-refractivity contribution in [2.24, 2.45) is 0 Å². The van der Waals surface area contributed by atoms with Crippen molar-refractivity contribution in [3.8, 4) is 0 Å². The number of para-hydroxylation sites is 1. The molecule has 27 heavy (non-hydrogen) atoms. The molecule has 1 aliphatic rings. The summed E-state index contributed by atoms with van der Waals surface area (Å²) in [5.41, 5.74) is 2.29. The van der Waals surface area contributed by atoms with E-state index < -0.39 is 12.1 Å². The lowest BCUT2D eigenvalue weighted by Crippen LogP contribution is -2.24. The highest BCUT2D eigenvalue weighted by atomic mass is 19.4. The molecular weight excluding hydrogens is 361 g/mol. The molecular formula is C18H23F3N4O2. The normalized spacial score (nSPS) is 17.6. The van der Waals surface area contributed by atoms with Crippen LogP contribution in [0.15, 0.2) is 30.6 Å². The number of carbonyl (C=O) groups is 1. The highest BCUT2D eigenvalue weighted by Crippen LogP contribution is 2.29. The van der Waals surface area contributed by atoms with Crippen LogP contribution >= 0.6 is 0 Å². The molecule has 6 nitrogen and oxygen atoms in total. The van der Waals surface area contributed by atoms with Gasteiger partial charge in [0.15, 0.2) is 0 Å². The van der Waals surface area contributed by atoms with Gasteiger partial charge in [0.2, 0.25) is 0 Å². The molecule has 1 aliphatic heterocycles. The van der Waals surface area contributed by atoms with E-state index >= 15 is 0 Å². The van der Waals surface area contributed by atoms with Crippen LogP contribution in [0.25, 0.3) is 10.9 Å². The maximum absolute atomic E-state index is 10.6. The van der Waals surface area contributed by atoms with Gasteiger partial charge in [0, 0.05) is 17.8 Å². The number of rotatable bonds is 5. The van der Waals surface area contributed by atoms with Gasteiger partial charge in [0.1, 0.15) is 6.33 Å². The van der Waals surface area contributed by atoms with Gasteiger partial charge < -0.3 is 15.3 Å². The lowest BCUT2D eigenvalue weighted by Gasteiger charge is -2.16. The first-order chi connectivity index (χ1) is 12.8. The molecule has 2 aromatic rings. The summed E-state index contributed by atoms with van der Waals surface area (Å²) in [5.74, 6) is -2.20. The predicted octanol–water partition coefficient (Wildman–Crippen LogP) is 2.66. The smallest absolute Gasteiger partial charge is 0.475 e. The van der Waals surface area contributed by atoms with Gasteiger partial charge in [-0.2, -0.15) is 13.2 Å². The molecule has 1 fully saturated rings. The zero-order chi connectivity index (χ0) is 19.9. The number of halogens is 3. The van der Waals surface area contributed by atoms with Crippen LogP contribution in [0, 0.1) is 0 Å². The summed E-state index contributed by atoms with van der Waals surface area (Å²) in [4.78, 5) is 20.4. The van der Waals surface area contributed by atoms with Gasteiger partial charge in [-0.25, -0.2) is 14.8 Å². The fraction of sp³-hybridized carbons (Fsp3) is 0.500. The highest BCUT2D eigenvalue weighted by Gasteiger charge is 2.38. The van der Waals surface area contributed by atoms with Crippen molar-refractivity contribution in [2.75, 3.05) is 33.2 Å². The molecule has 0 saturated carbocycles. The topological polar surface area (TPSA) is 78.3 Å². The van der Waals surface area contributed by atoms with Crippen LogP contribution in [-0.4, -0.2) is 65.3 Å². The largest absolute Gasteiger partial charge is 0.490 e. The molecule has 3 rings (SSSR count). The van der Waals surface area contributed by atoms with Crippen molar-refractivity contribution < 1.29 is 23.1 Å². The van der Waals surface area contributed by atoms with Gasteiger partial charge in [-0.3, -0.25) is 0 Å². The van der Waals surface area contributed by atoms with E-state index in [0.717, 1.165) is 18.6 Å². The minimum Gasteiger partial charge on any atom is -0.475 e. The third-order valence-corrected chi connectivity index (χ3v) is 4.38. The van der Waals surface area contributed by atoms with Gasteiger partial charge in [0.05, 0.1) is 11.2 Å². The van der Waals surface area contributed by atoms with Crippen LogP contribution in [0.1, 0.15) is 24.5 Å². The molecule has 1 atom stereocenters. The fourth-order valence-electron chi connectivity index (χ4n) is 3.09. The first kappa shape index (κ1) is 21.0. The van der Waals surface area contributed by atoms with Crippen LogP contribution in [0.2, 0.25) is 0 Å². The zero-order valence-corrected chi connectivity index (χ0v) is 15.0. The van der Waals surface area contributed by atoms with Crippen molar-refractivity contribution in [1.82, 2.24) is 20.2 Å². The van der Waals surface area contributed by atoms with Crippen molar-refractivity contribution in [3.63, 3.8) is 0 Å². The maximum atomic E-state index is 10.6. The lowest BCUT2D eigenvalue weighted by atomic mass is 10.0. The summed E-state index contributed by atoms with van der Waals surface area (Å²) in [6, 6.07) is 8.33. The summed E-state index contributed by atoms with van der Waals surface area (Å²) in [7, 11) is 2.01. The molecule has 1 aromatic heterocycles. The molecule has 2 heterocycles. The summed E-state index contributed by atoms with van der Waals surface area (Å²) in [6.07, 6.45) is -0.949. The minimum absolute atomic E-state index is 0.553. The number of fused-ring (bicyclic) bond motifs is 1. The Morgan fingerprint density at radius 3 is 2.70 bits per heavy atom. The molecule has 0 bridgehead atoms. The third kappa shape index (κ3) is 6.14. The monoisotopic (exact) mass is 384 g/mol. The highest BCUT2D eigenvalue weighted by molar-refractivity contribution is 5.81. The van der Waals surface area contributed by atoms with Crippen molar-refractivity contribution in [1.29, 1.82) is 0 Å². The van der Waals surface area contributed by atoms with E-state index in [9.17, 15) is 13.2 Å². The molecule has 0 aliphatic carbocycles. The number of aliphatic carboxylic acids is 1. The summed E-state index contributed by atoms with van der Waals surface area (Å²) in [5, 5.41) is 11.6. The summed E-state index contributed by atoms with van der Waals surface area (Å²) >= 11 is 0. The van der Waals surface area contributed by atoms with Gasteiger partial charge in [-0.1, -0.05) is 18.2 Å². The lowest BCUT2D eigenvalue weighted by molar-refractivity contribution is -0.192. The first-order valence-electron chi connectivity index (χ1n) is 8.69. The molecule has 0 amide bonds. The van der Waals surface area contributed by atoms with Gasteiger partial charge in [-0.15, -0.1) is 0 Å². The number of aromatic nitrogens is 2. The molecule has 0 radical (unpaired) electrons. The molecule has 2 N–H and O–H groups in total. The van der Waals surface area contributed by atoms with E-state index in [4.69, 9.17) is 9.90 Å². The van der Waals surface area contributed by atoms with E-state index in [-0.39, 0.29) is 0 Å². The van der Waals surface area contributed by atoms with E-state index in [1.807, 2.05) is 13.1 Å². The Balaban J connectivity index is 0.000000321. The number of alkyl halides is 3. The Bertz CT molecular complexity index is 749. The molecule has 1 unspecified atom stereocenters. The van der Waals surface area contributed by atoms with Crippen LogP contribution < -0.4 is 5.32 Å². The Kier molecular flexibility index (Phi) is 7.49. The Labute approximate surface area is 155 Å². The summed E-state index contributed by atoms with van der Waals surface area (Å²) < 4.78 is 31.7. The first-order valence-corrected chi connectivity index (χ1v) is 8.69. The second-order valence-corrected chi connectivity index (χ2v) is 6.32. The Morgan fingerprint density at radius 1 is 1.33 bits per heavy atom. The Hall–Kier alpha value is -2.26. The zero-order valence-electron chi connectivity index (χ0n) is 15.0. The number of likely N-dealkylation sites (tertiary alicyclic amines) is 1. The molecule has 1 saturated heterocycles. The van der Waals surface area contributed by atoms with E-state index in [1.165, 1.54) is 37.0 Å². The average molecular weight is 384 g/mol. The standard InChI is InChI=1S/C16H22N4.C2HF3O2/c1-17-8-4-9-20-10-7-13(11-20)16-14-5-2-3-6-15(14)18-12-19-16;3-2(4,5)1(6)7/h2-3,5-6,12-13,17H,4,7-11H2,1H3;(H,6,7). The second-order valence-electron chi connectivity index (χ2n) is 6.32. The second kappa shape index (κ2) is 9.61. The molecule has 9 heteroatoms. The van der Waals surface area contributed by atoms with E-state index in [1.54, 1.807) is 6.33 Å². The van der Waals surface area contributed by atoms with Crippen molar-refractivity contribution >= 4 is 16.9 Å². The molecule has 1 aromatic carbocycles. The summed E-state index contributed by atoms with van der Waals surface area (Å²) in [6.45, 7) is 4.59. The van der Waals surface area contributed by atoms with Gasteiger partial charge >= 0.3 is 12.1 Å². The van der Waals surface area contributed by atoms with Crippen molar-refractivity contribution in [3.05, 3.63) is 36.3 Å². The SMILES string of the molecule is CNCCCN1CCC(c2ncnc3ccccc23)C1.O=C(O)C(F)(F)F. The van der Waals surface area contributed by atoms with E-state index in [2.05, 4.69) is 38.4 Å². The van der Waals surface area contributed by atoms with Gasteiger partial charge in [0.25, 0.3) is 0 Å². The number of hydrogen-bond acceptors (Lipinski definition) is 5. The number of benzene rings is 1. The fourth-order valence-corrected chi connectivity index (χ4v) is 3.09. The average Bonchev–Trinajstić information content (AvgIpc) is 3.10. The van der Waals surface area contributed by atoms with Crippen LogP contribution in [-0.2, 0) is 4.79 Å². The quantitative estimate of drug-likeness (QED) is 0.772. The Morgan fingerprint density at radius 2 is 2.04 bits per heavy atom. The predicted molar refractivity (Wildman–Crippen MR) is 95.6 cm³/mol. The molecule has 148 valence electrons. The number of hydrogen-bond donors (Lipinski definition) is 2. The van der Waals surface area contributed by atoms with Gasteiger partial charge in [-0.05, 0) is 45.6 Å². The number of nitrogens with one attached hydrogen (secondary N) is 1. The number of nitrogens with zero attached hydrogens (tertiary/aromatic N) is 3.